The van der Waals surface area contributed by atoms with Crippen molar-refractivity contribution in [1.82, 2.24) is 14.8 Å². The van der Waals surface area contributed by atoms with Gasteiger partial charge < -0.3 is 5.32 Å². The highest BCUT2D eigenvalue weighted by Gasteiger charge is 2.32. The zero-order chi connectivity index (χ0) is 15.9. The van der Waals surface area contributed by atoms with Gasteiger partial charge in [0.1, 0.15) is 11.9 Å². The molecular formula is C15H17N5O2. The quantitative estimate of drug-likeness (QED) is 0.883. The molecule has 1 aliphatic heterocycles. The zero-order valence-electron chi connectivity index (χ0n) is 12.7. The number of carbonyl (C=O) groups is 2. The molecular weight excluding hydrogens is 282 g/mol. The molecule has 0 radical (unpaired) electrons. The Labute approximate surface area is 127 Å². The average molecular weight is 299 g/mol. The summed E-state index contributed by atoms with van der Waals surface area (Å²) in [5, 5.41) is 9.69. The lowest BCUT2D eigenvalue weighted by molar-refractivity contribution is -0.125. The van der Waals surface area contributed by atoms with E-state index in [9.17, 15) is 9.59 Å². The summed E-state index contributed by atoms with van der Waals surface area (Å²) in [5.41, 5.74) is 2.84. The monoisotopic (exact) mass is 299 g/mol. The van der Waals surface area contributed by atoms with Gasteiger partial charge in [-0.25, -0.2) is 4.68 Å². The van der Waals surface area contributed by atoms with Crippen LogP contribution in [0.2, 0.25) is 0 Å². The van der Waals surface area contributed by atoms with Crippen LogP contribution in [-0.4, -0.2) is 26.6 Å². The lowest BCUT2D eigenvalue weighted by Gasteiger charge is -2.22. The third-order valence-electron chi connectivity index (χ3n) is 3.60. The molecule has 0 fully saturated rings. The maximum atomic E-state index is 12.5. The van der Waals surface area contributed by atoms with Crippen LogP contribution in [0.15, 0.2) is 18.2 Å². The van der Waals surface area contributed by atoms with Gasteiger partial charge in [-0.2, -0.15) is 10.1 Å². The first-order valence-corrected chi connectivity index (χ1v) is 7.05. The van der Waals surface area contributed by atoms with Gasteiger partial charge in [0.05, 0.1) is 6.42 Å². The Hall–Kier alpha value is -2.70. The highest BCUT2D eigenvalue weighted by atomic mass is 16.2. The number of fused-ring (bicyclic) bond motifs is 1. The second-order valence-corrected chi connectivity index (χ2v) is 5.50. The molecule has 1 aromatic heterocycles. The number of hydrogen-bond donors (Lipinski definition) is 2. The molecule has 2 heterocycles. The molecule has 1 atom stereocenters. The van der Waals surface area contributed by atoms with Crippen molar-refractivity contribution in [1.29, 1.82) is 0 Å². The van der Waals surface area contributed by atoms with E-state index in [2.05, 4.69) is 20.7 Å². The number of nitrogens with one attached hydrogen (secondary N) is 2. The van der Waals surface area contributed by atoms with Crippen molar-refractivity contribution in [2.75, 3.05) is 10.6 Å². The Morgan fingerprint density at radius 1 is 1.36 bits per heavy atom. The molecule has 0 bridgehead atoms. The molecule has 0 unspecified atom stereocenters. The average Bonchev–Trinajstić information content (AvgIpc) is 2.80. The molecule has 22 heavy (non-hydrogen) atoms. The lowest BCUT2D eigenvalue weighted by atomic mass is 10.1. The van der Waals surface area contributed by atoms with Crippen LogP contribution in [0.5, 0.6) is 0 Å². The Kier molecular flexibility index (Phi) is 3.40. The topological polar surface area (TPSA) is 88.9 Å². The van der Waals surface area contributed by atoms with E-state index in [-0.39, 0.29) is 18.2 Å². The van der Waals surface area contributed by atoms with Gasteiger partial charge in [0, 0.05) is 5.69 Å². The normalized spacial score (nSPS) is 16.9. The number of rotatable bonds is 2. The van der Waals surface area contributed by atoms with E-state index >= 15 is 0 Å². The standard InChI is InChI=1S/C15H17N5O2/c1-8-4-5-11(9(2)6-8)17-14(22)12-7-13(21)18-15-16-10(3)19-20(12)15/h4-6,12H,7H2,1-3H3,(H,17,22)(H,16,18,19,21)/t12-/m1/s1. The molecule has 3 rings (SSSR count). The van der Waals surface area contributed by atoms with E-state index in [0.717, 1.165) is 16.8 Å². The van der Waals surface area contributed by atoms with Crippen LogP contribution in [0, 0.1) is 20.8 Å². The summed E-state index contributed by atoms with van der Waals surface area (Å²) in [6, 6.07) is 5.10. The van der Waals surface area contributed by atoms with Crippen molar-refractivity contribution < 1.29 is 9.59 Å². The van der Waals surface area contributed by atoms with Gasteiger partial charge in [-0.3, -0.25) is 14.9 Å². The predicted octanol–water partition coefficient (Wildman–Crippen LogP) is 1.73. The molecule has 0 saturated carbocycles. The van der Waals surface area contributed by atoms with Gasteiger partial charge in [0.2, 0.25) is 17.8 Å². The van der Waals surface area contributed by atoms with Crippen molar-refractivity contribution in [3.8, 4) is 0 Å². The Morgan fingerprint density at radius 2 is 2.14 bits per heavy atom. The minimum atomic E-state index is -0.689. The highest BCUT2D eigenvalue weighted by molar-refractivity contribution is 6.01. The van der Waals surface area contributed by atoms with E-state index < -0.39 is 6.04 Å². The number of nitrogens with zero attached hydrogens (tertiary/aromatic N) is 3. The highest BCUT2D eigenvalue weighted by Crippen LogP contribution is 2.25. The molecule has 7 heteroatoms. The van der Waals surface area contributed by atoms with Gasteiger partial charge in [0.25, 0.3) is 0 Å². The van der Waals surface area contributed by atoms with Crippen LogP contribution >= 0.6 is 0 Å². The smallest absolute Gasteiger partial charge is 0.249 e. The van der Waals surface area contributed by atoms with Crippen molar-refractivity contribution >= 4 is 23.5 Å². The second-order valence-electron chi connectivity index (χ2n) is 5.50. The van der Waals surface area contributed by atoms with Gasteiger partial charge in [-0.05, 0) is 32.4 Å². The lowest BCUT2D eigenvalue weighted by Crippen LogP contribution is -2.36. The molecule has 0 spiro atoms. The molecule has 0 saturated heterocycles. The summed E-state index contributed by atoms with van der Waals surface area (Å²) in [4.78, 5) is 28.4. The van der Waals surface area contributed by atoms with Gasteiger partial charge in [0.15, 0.2) is 0 Å². The van der Waals surface area contributed by atoms with E-state index in [4.69, 9.17) is 0 Å². The molecule has 1 aliphatic rings. The maximum Gasteiger partial charge on any atom is 0.249 e. The van der Waals surface area contributed by atoms with Gasteiger partial charge in [-0.15, -0.1) is 0 Å². The zero-order valence-corrected chi connectivity index (χ0v) is 12.7. The van der Waals surface area contributed by atoms with Gasteiger partial charge >= 0.3 is 0 Å². The summed E-state index contributed by atoms with van der Waals surface area (Å²) in [5.74, 6) is 0.324. The minimum Gasteiger partial charge on any atom is -0.324 e. The summed E-state index contributed by atoms with van der Waals surface area (Å²) in [7, 11) is 0. The number of amides is 2. The molecule has 7 nitrogen and oxygen atoms in total. The summed E-state index contributed by atoms with van der Waals surface area (Å²) >= 11 is 0. The number of benzene rings is 1. The fraction of sp³-hybridized carbons (Fsp3) is 0.333. The van der Waals surface area contributed by atoms with Gasteiger partial charge in [-0.1, -0.05) is 17.7 Å². The number of anilines is 2. The van der Waals surface area contributed by atoms with Crippen molar-refractivity contribution in [2.45, 2.75) is 33.2 Å². The molecule has 1 aromatic carbocycles. The summed E-state index contributed by atoms with van der Waals surface area (Å²) in [6.07, 6.45) is 0.0482. The first-order valence-electron chi connectivity index (χ1n) is 7.05. The van der Waals surface area contributed by atoms with Crippen LogP contribution in [0.1, 0.15) is 29.4 Å². The number of aromatic nitrogens is 3. The molecule has 0 aliphatic carbocycles. The van der Waals surface area contributed by atoms with Crippen LogP contribution < -0.4 is 10.6 Å². The fourth-order valence-electron chi connectivity index (χ4n) is 2.54. The Bertz CT molecular complexity index is 765. The first kappa shape index (κ1) is 14.2. The third kappa shape index (κ3) is 2.57. The fourth-order valence-corrected chi connectivity index (χ4v) is 2.54. The van der Waals surface area contributed by atoms with Crippen LogP contribution in [0.25, 0.3) is 0 Å². The number of carbonyl (C=O) groups excluding carboxylic acids is 2. The third-order valence-corrected chi connectivity index (χ3v) is 3.60. The van der Waals surface area contributed by atoms with Crippen molar-refractivity contribution in [3.63, 3.8) is 0 Å². The molecule has 2 N–H and O–H groups in total. The predicted molar refractivity (Wildman–Crippen MR) is 81.6 cm³/mol. The van der Waals surface area contributed by atoms with Crippen LogP contribution in [0.4, 0.5) is 11.6 Å². The summed E-state index contributed by atoms with van der Waals surface area (Å²) < 4.78 is 1.47. The van der Waals surface area contributed by atoms with Crippen LogP contribution in [0.3, 0.4) is 0 Å². The van der Waals surface area contributed by atoms with E-state index in [1.165, 1.54) is 4.68 Å². The molecule has 2 amide bonds. The second kappa shape index (κ2) is 5.25. The Morgan fingerprint density at radius 3 is 2.86 bits per heavy atom. The number of aryl methyl sites for hydroxylation is 3. The maximum absolute atomic E-state index is 12.5. The Balaban J connectivity index is 1.87. The molecule has 2 aromatic rings. The first-order chi connectivity index (χ1) is 10.4. The number of hydrogen-bond acceptors (Lipinski definition) is 4. The van der Waals surface area contributed by atoms with E-state index in [1.807, 2.05) is 32.0 Å². The molecule has 114 valence electrons. The van der Waals surface area contributed by atoms with Crippen molar-refractivity contribution in [3.05, 3.63) is 35.2 Å². The van der Waals surface area contributed by atoms with E-state index in [1.54, 1.807) is 6.92 Å². The van der Waals surface area contributed by atoms with Crippen molar-refractivity contribution in [2.24, 2.45) is 0 Å². The summed E-state index contributed by atoms with van der Waals surface area (Å²) in [6.45, 7) is 5.65. The van der Waals surface area contributed by atoms with E-state index in [0.29, 0.717) is 11.8 Å². The largest absolute Gasteiger partial charge is 0.324 e. The minimum absolute atomic E-state index is 0.0482. The SMILES string of the molecule is Cc1ccc(NC(=O)[C@H]2CC(=O)Nc3nc(C)nn32)c(C)c1. The van der Waals surface area contributed by atoms with Crippen LogP contribution in [-0.2, 0) is 9.59 Å².